The van der Waals surface area contributed by atoms with Gasteiger partial charge in [-0.25, -0.2) is 0 Å². The van der Waals surface area contributed by atoms with Crippen LogP contribution in [0.15, 0.2) is 0 Å². The second-order valence-corrected chi connectivity index (χ2v) is 5.24. The predicted molar refractivity (Wildman–Crippen MR) is 74.9 cm³/mol. The van der Waals surface area contributed by atoms with E-state index in [9.17, 15) is 0 Å². The summed E-state index contributed by atoms with van der Waals surface area (Å²) in [6, 6.07) is 0. The van der Waals surface area contributed by atoms with Crippen molar-refractivity contribution in [1.82, 2.24) is 5.32 Å². The van der Waals surface area contributed by atoms with Gasteiger partial charge in [-0.05, 0) is 37.6 Å². The molecule has 0 aliphatic heterocycles. The summed E-state index contributed by atoms with van der Waals surface area (Å²) < 4.78 is 0. The lowest BCUT2D eigenvalue weighted by molar-refractivity contribution is 0.206. The molecule has 0 spiro atoms. The molecule has 0 aliphatic rings. The maximum Gasteiger partial charge on any atom is 0.000770 e. The van der Waals surface area contributed by atoms with E-state index in [2.05, 4.69) is 33.0 Å². The van der Waals surface area contributed by atoms with E-state index in [1.165, 1.54) is 64.5 Å². The summed E-state index contributed by atoms with van der Waals surface area (Å²) in [6.45, 7) is 11.6. The third-order valence-corrected chi connectivity index (χ3v) is 3.80. The van der Waals surface area contributed by atoms with E-state index in [0.717, 1.165) is 0 Å². The molecule has 1 heteroatoms. The lowest BCUT2D eigenvalue weighted by Crippen LogP contribution is -2.34. The molecule has 0 rings (SSSR count). The van der Waals surface area contributed by atoms with Crippen molar-refractivity contribution in [3.8, 4) is 0 Å². The van der Waals surface area contributed by atoms with Crippen LogP contribution in [0.25, 0.3) is 0 Å². The summed E-state index contributed by atoms with van der Waals surface area (Å²) in [5.41, 5.74) is 0.585. The van der Waals surface area contributed by atoms with Gasteiger partial charge in [0.05, 0.1) is 0 Å². The van der Waals surface area contributed by atoms with Crippen molar-refractivity contribution in [3.05, 3.63) is 0 Å². The Morgan fingerprint density at radius 1 is 0.812 bits per heavy atom. The quantitative estimate of drug-likeness (QED) is 0.502. The Hall–Kier alpha value is -0.0400. The first-order chi connectivity index (χ1) is 7.74. The molecule has 0 unspecified atom stereocenters. The first kappa shape index (κ1) is 16.0. The topological polar surface area (TPSA) is 12.0 Å². The van der Waals surface area contributed by atoms with Gasteiger partial charge >= 0.3 is 0 Å². The van der Waals surface area contributed by atoms with Gasteiger partial charge in [-0.1, -0.05) is 53.4 Å². The second kappa shape index (κ2) is 10.1. The van der Waals surface area contributed by atoms with Gasteiger partial charge in [0.25, 0.3) is 0 Å². The van der Waals surface area contributed by atoms with Crippen molar-refractivity contribution in [2.24, 2.45) is 5.41 Å². The van der Waals surface area contributed by atoms with Crippen LogP contribution in [0.3, 0.4) is 0 Å². The average Bonchev–Trinajstić information content (AvgIpc) is 2.32. The van der Waals surface area contributed by atoms with Crippen LogP contribution in [0, 0.1) is 5.41 Å². The molecule has 0 aromatic carbocycles. The van der Waals surface area contributed by atoms with Crippen molar-refractivity contribution in [2.45, 2.75) is 79.1 Å². The maximum atomic E-state index is 3.64. The molecular formula is C15H33N. The van der Waals surface area contributed by atoms with E-state index in [1.807, 2.05) is 0 Å². The zero-order valence-electron chi connectivity index (χ0n) is 12.1. The molecule has 0 heterocycles. The summed E-state index contributed by atoms with van der Waals surface area (Å²) in [7, 11) is 0. The highest BCUT2D eigenvalue weighted by Gasteiger charge is 2.26. The van der Waals surface area contributed by atoms with Gasteiger partial charge in [0, 0.05) is 6.54 Å². The molecule has 1 N–H and O–H groups in total. The van der Waals surface area contributed by atoms with Crippen molar-refractivity contribution >= 4 is 0 Å². The Morgan fingerprint density at radius 2 is 1.38 bits per heavy atom. The van der Waals surface area contributed by atoms with Crippen LogP contribution in [0.5, 0.6) is 0 Å². The molecule has 0 saturated carbocycles. The lowest BCUT2D eigenvalue weighted by Gasteiger charge is -2.33. The van der Waals surface area contributed by atoms with Gasteiger partial charge in [-0.15, -0.1) is 0 Å². The Morgan fingerprint density at radius 3 is 1.75 bits per heavy atom. The summed E-state index contributed by atoms with van der Waals surface area (Å²) in [5, 5.41) is 3.64. The predicted octanol–water partition coefficient (Wildman–Crippen LogP) is 4.76. The molecule has 98 valence electrons. The number of hydrogen-bond donors (Lipinski definition) is 1. The monoisotopic (exact) mass is 227 g/mol. The normalized spacial score (nSPS) is 12.0. The van der Waals surface area contributed by atoms with Crippen LogP contribution < -0.4 is 5.32 Å². The third-order valence-electron chi connectivity index (χ3n) is 3.80. The number of hydrogen-bond acceptors (Lipinski definition) is 1. The van der Waals surface area contributed by atoms with Crippen molar-refractivity contribution in [1.29, 1.82) is 0 Å². The van der Waals surface area contributed by atoms with E-state index in [-0.39, 0.29) is 0 Å². The molecule has 0 aromatic heterocycles. The van der Waals surface area contributed by atoms with Gasteiger partial charge in [0.2, 0.25) is 0 Å². The SMILES string of the molecule is CCCCC(CC)(CCCC)CNCCC. The highest BCUT2D eigenvalue weighted by atomic mass is 14.9. The fraction of sp³-hybridized carbons (Fsp3) is 1.00. The second-order valence-electron chi connectivity index (χ2n) is 5.24. The zero-order chi connectivity index (χ0) is 12.3. The zero-order valence-corrected chi connectivity index (χ0v) is 12.1. The minimum atomic E-state index is 0.585. The first-order valence-corrected chi connectivity index (χ1v) is 7.45. The number of rotatable bonds is 11. The van der Waals surface area contributed by atoms with Gasteiger partial charge in [-0.3, -0.25) is 0 Å². The van der Waals surface area contributed by atoms with Crippen LogP contribution in [0.4, 0.5) is 0 Å². The highest BCUT2D eigenvalue weighted by Crippen LogP contribution is 2.34. The summed E-state index contributed by atoms with van der Waals surface area (Å²) in [6.07, 6.45) is 10.9. The molecular weight excluding hydrogens is 194 g/mol. The summed E-state index contributed by atoms with van der Waals surface area (Å²) in [5.74, 6) is 0. The molecule has 0 atom stereocenters. The number of unbranched alkanes of at least 4 members (excludes halogenated alkanes) is 2. The first-order valence-electron chi connectivity index (χ1n) is 7.45. The molecule has 0 aromatic rings. The van der Waals surface area contributed by atoms with Crippen molar-refractivity contribution in [3.63, 3.8) is 0 Å². The molecule has 0 fully saturated rings. The summed E-state index contributed by atoms with van der Waals surface area (Å²) >= 11 is 0. The molecule has 0 amide bonds. The minimum absolute atomic E-state index is 0.585. The summed E-state index contributed by atoms with van der Waals surface area (Å²) in [4.78, 5) is 0. The lowest BCUT2D eigenvalue weighted by atomic mass is 9.76. The molecule has 0 bridgehead atoms. The van der Waals surface area contributed by atoms with E-state index < -0.39 is 0 Å². The van der Waals surface area contributed by atoms with E-state index in [1.54, 1.807) is 0 Å². The van der Waals surface area contributed by atoms with Gasteiger partial charge in [-0.2, -0.15) is 0 Å². The van der Waals surface area contributed by atoms with Crippen LogP contribution in [-0.2, 0) is 0 Å². The fourth-order valence-electron chi connectivity index (χ4n) is 2.41. The maximum absolute atomic E-state index is 3.64. The fourth-order valence-corrected chi connectivity index (χ4v) is 2.41. The Balaban J connectivity index is 4.16. The number of nitrogens with one attached hydrogen (secondary N) is 1. The van der Waals surface area contributed by atoms with Crippen LogP contribution in [-0.4, -0.2) is 13.1 Å². The standard InChI is InChI=1S/C15H33N/c1-5-9-11-15(8-4,12-10-6-2)14-16-13-7-3/h16H,5-14H2,1-4H3. The smallest absolute Gasteiger partial charge is 0.000770 e. The van der Waals surface area contributed by atoms with Gasteiger partial charge in [0.15, 0.2) is 0 Å². The van der Waals surface area contributed by atoms with Crippen LogP contribution >= 0.6 is 0 Å². The molecule has 1 nitrogen and oxygen atoms in total. The van der Waals surface area contributed by atoms with Crippen molar-refractivity contribution in [2.75, 3.05) is 13.1 Å². The Kier molecular flexibility index (Phi) is 10.1. The van der Waals surface area contributed by atoms with Crippen LogP contribution in [0.2, 0.25) is 0 Å². The molecule has 16 heavy (non-hydrogen) atoms. The highest BCUT2D eigenvalue weighted by molar-refractivity contribution is 4.80. The van der Waals surface area contributed by atoms with Gasteiger partial charge < -0.3 is 5.32 Å². The van der Waals surface area contributed by atoms with E-state index in [4.69, 9.17) is 0 Å². The average molecular weight is 227 g/mol. The molecule has 0 aliphatic carbocycles. The van der Waals surface area contributed by atoms with Gasteiger partial charge in [0.1, 0.15) is 0 Å². The largest absolute Gasteiger partial charge is 0.316 e. The molecule has 0 saturated heterocycles. The van der Waals surface area contributed by atoms with Crippen molar-refractivity contribution < 1.29 is 0 Å². The van der Waals surface area contributed by atoms with E-state index >= 15 is 0 Å². The van der Waals surface area contributed by atoms with Crippen LogP contribution in [0.1, 0.15) is 79.1 Å². The minimum Gasteiger partial charge on any atom is -0.316 e. The third kappa shape index (κ3) is 6.52. The molecule has 0 radical (unpaired) electrons. The van der Waals surface area contributed by atoms with E-state index in [0.29, 0.717) is 5.41 Å². The Labute approximate surface area is 103 Å². The Bertz CT molecular complexity index is 134.